The van der Waals surface area contributed by atoms with Crippen molar-refractivity contribution in [1.82, 2.24) is 4.98 Å². The lowest BCUT2D eigenvalue weighted by atomic mass is 9.85. The third-order valence-corrected chi connectivity index (χ3v) is 3.64. The fraction of sp³-hybridized carbons (Fsp3) is 0.333. The summed E-state index contributed by atoms with van der Waals surface area (Å²) < 4.78 is 5.49. The summed E-state index contributed by atoms with van der Waals surface area (Å²) in [5.41, 5.74) is 2.91. The van der Waals surface area contributed by atoms with Crippen LogP contribution in [0.3, 0.4) is 0 Å². The smallest absolute Gasteiger partial charge is 0.266 e. The number of nitriles is 1. The van der Waals surface area contributed by atoms with E-state index in [1.165, 1.54) is 0 Å². The van der Waals surface area contributed by atoms with Crippen LogP contribution in [0, 0.1) is 18.3 Å². The molecule has 0 saturated carbocycles. The second-order valence-corrected chi connectivity index (χ2v) is 6.35. The maximum atomic E-state index is 12.0. The normalized spacial score (nSPS) is 11.1. The van der Waals surface area contributed by atoms with E-state index < -0.39 is 0 Å². The van der Waals surface area contributed by atoms with Gasteiger partial charge in [0.1, 0.15) is 17.4 Å². The molecule has 0 aliphatic rings. The molecule has 0 fully saturated rings. The Hall–Kier alpha value is -2.54. The molecule has 0 radical (unpaired) electrons. The Balaban J connectivity index is 2.74. The van der Waals surface area contributed by atoms with Gasteiger partial charge in [-0.25, -0.2) is 0 Å². The summed E-state index contributed by atoms with van der Waals surface area (Å²) in [4.78, 5) is 14.6. The van der Waals surface area contributed by atoms with Crippen LogP contribution in [-0.2, 0) is 5.41 Å². The van der Waals surface area contributed by atoms with Gasteiger partial charge in [0.05, 0.1) is 7.11 Å². The van der Waals surface area contributed by atoms with Crippen molar-refractivity contribution in [3.63, 3.8) is 0 Å². The number of pyridine rings is 1. The van der Waals surface area contributed by atoms with Gasteiger partial charge < -0.3 is 9.72 Å². The zero-order chi connectivity index (χ0) is 16.5. The van der Waals surface area contributed by atoms with Gasteiger partial charge in [0, 0.05) is 16.8 Å². The van der Waals surface area contributed by atoms with Gasteiger partial charge in [-0.1, -0.05) is 32.9 Å². The van der Waals surface area contributed by atoms with Crippen molar-refractivity contribution in [3.05, 3.63) is 51.4 Å². The first-order valence-electron chi connectivity index (χ1n) is 7.11. The van der Waals surface area contributed by atoms with E-state index in [1.54, 1.807) is 20.1 Å². The predicted molar refractivity (Wildman–Crippen MR) is 87.2 cm³/mol. The number of aromatic nitrogens is 1. The highest BCUT2D eigenvalue weighted by Crippen LogP contribution is 2.35. The summed E-state index contributed by atoms with van der Waals surface area (Å²) in [7, 11) is 1.59. The van der Waals surface area contributed by atoms with Crippen LogP contribution in [0.2, 0.25) is 0 Å². The number of nitrogens with one attached hydrogen (secondary N) is 1. The molecule has 2 aromatic rings. The molecule has 1 heterocycles. The first-order valence-corrected chi connectivity index (χ1v) is 7.11. The number of nitrogens with zero attached hydrogens (tertiary/aromatic N) is 1. The van der Waals surface area contributed by atoms with Gasteiger partial charge in [0.2, 0.25) is 0 Å². The standard InChI is InChI=1S/C18H20N2O2/c1-11-8-14(15(10-19)17(21)20-11)13-7-6-12(18(2,3)4)9-16(13)22-5/h6-9H,1-5H3,(H,20,21). The van der Waals surface area contributed by atoms with Crippen LogP contribution in [0.5, 0.6) is 5.75 Å². The average molecular weight is 296 g/mol. The third-order valence-electron chi connectivity index (χ3n) is 3.64. The molecule has 2 rings (SSSR count). The van der Waals surface area contributed by atoms with Crippen LogP contribution in [0.1, 0.15) is 37.6 Å². The number of methoxy groups -OCH3 is 1. The van der Waals surface area contributed by atoms with E-state index in [-0.39, 0.29) is 16.5 Å². The lowest BCUT2D eigenvalue weighted by Crippen LogP contribution is -2.14. The molecule has 0 amide bonds. The van der Waals surface area contributed by atoms with E-state index in [4.69, 9.17) is 4.74 Å². The number of aryl methyl sites for hydroxylation is 1. The second kappa shape index (κ2) is 5.69. The number of aromatic amines is 1. The maximum Gasteiger partial charge on any atom is 0.266 e. The van der Waals surface area contributed by atoms with E-state index in [1.807, 2.05) is 24.3 Å². The van der Waals surface area contributed by atoms with Crippen LogP contribution < -0.4 is 10.3 Å². The molecule has 114 valence electrons. The van der Waals surface area contributed by atoms with Crippen molar-refractivity contribution in [2.24, 2.45) is 0 Å². The first kappa shape index (κ1) is 15.8. The number of hydrogen-bond acceptors (Lipinski definition) is 3. The Morgan fingerprint density at radius 1 is 1.18 bits per heavy atom. The molecule has 1 aromatic heterocycles. The van der Waals surface area contributed by atoms with Crippen molar-refractivity contribution >= 4 is 0 Å². The molecule has 0 atom stereocenters. The van der Waals surface area contributed by atoms with Gasteiger partial charge in [0.25, 0.3) is 5.56 Å². The molecule has 0 unspecified atom stereocenters. The Bertz CT molecular complexity index is 805. The molecule has 0 saturated heterocycles. The SMILES string of the molecule is COc1cc(C(C)(C)C)ccc1-c1cc(C)[nH]c(=O)c1C#N. The van der Waals surface area contributed by atoms with E-state index in [9.17, 15) is 10.1 Å². The highest BCUT2D eigenvalue weighted by atomic mass is 16.5. The minimum absolute atomic E-state index is 0.00601. The molecule has 0 aliphatic heterocycles. The molecule has 4 nitrogen and oxygen atoms in total. The fourth-order valence-electron chi connectivity index (χ4n) is 2.39. The molecule has 4 heteroatoms. The molecule has 22 heavy (non-hydrogen) atoms. The monoisotopic (exact) mass is 296 g/mol. The van der Waals surface area contributed by atoms with Crippen LogP contribution in [0.4, 0.5) is 0 Å². The second-order valence-electron chi connectivity index (χ2n) is 6.35. The number of ether oxygens (including phenoxy) is 1. The van der Waals surface area contributed by atoms with Crippen LogP contribution in [-0.4, -0.2) is 12.1 Å². The summed E-state index contributed by atoms with van der Waals surface area (Å²) >= 11 is 0. The van der Waals surface area contributed by atoms with Gasteiger partial charge in [-0.3, -0.25) is 4.79 Å². The van der Waals surface area contributed by atoms with Gasteiger partial charge in [-0.2, -0.15) is 5.26 Å². The lowest BCUT2D eigenvalue weighted by molar-refractivity contribution is 0.414. The molecular weight excluding hydrogens is 276 g/mol. The van der Waals surface area contributed by atoms with Crippen molar-refractivity contribution in [2.75, 3.05) is 7.11 Å². The number of hydrogen-bond donors (Lipinski definition) is 1. The number of rotatable bonds is 2. The molecule has 0 bridgehead atoms. The summed E-state index contributed by atoms with van der Waals surface area (Å²) in [6.07, 6.45) is 0. The number of benzene rings is 1. The van der Waals surface area contributed by atoms with Gasteiger partial charge >= 0.3 is 0 Å². The molecule has 0 aliphatic carbocycles. The van der Waals surface area contributed by atoms with E-state index in [0.29, 0.717) is 17.0 Å². The molecule has 0 spiro atoms. The highest BCUT2D eigenvalue weighted by molar-refractivity contribution is 5.76. The van der Waals surface area contributed by atoms with E-state index in [0.717, 1.165) is 11.1 Å². The summed E-state index contributed by atoms with van der Waals surface area (Å²) in [6.45, 7) is 8.17. The van der Waals surface area contributed by atoms with Gasteiger partial charge in [-0.15, -0.1) is 0 Å². The molecule has 1 aromatic carbocycles. The zero-order valence-corrected chi connectivity index (χ0v) is 13.6. The van der Waals surface area contributed by atoms with Crippen molar-refractivity contribution in [3.8, 4) is 22.9 Å². The Labute approximate surface area is 130 Å². The molecular formula is C18H20N2O2. The average Bonchev–Trinajstić information content (AvgIpc) is 2.44. The minimum atomic E-state index is -0.376. The van der Waals surface area contributed by atoms with E-state index >= 15 is 0 Å². The third kappa shape index (κ3) is 2.89. The van der Waals surface area contributed by atoms with Crippen molar-refractivity contribution in [1.29, 1.82) is 5.26 Å². The lowest BCUT2D eigenvalue weighted by Gasteiger charge is -2.21. The minimum Gasteiger partial charge on any atom is -0.496 e. The Kier molecular flexibility index (Phi) is 4.09. The molecule has 1 N–H and O–H groups in total. The van der Waals surface area contributed by atoms with E-state index in [2.05, 4.69) is 25.8 Å². The van der Waals surface area contributed by atoms with Gasteiger partial charge in [0.15, 0.2) is 0 Å². The first-order chi connectivity index (χ1) is 10.3. The summed E-state index contributed by atoms with van der Waals surface area (Å²) in [5.74, 6) is 0.661. The highest BCUT2D eigenvalue weighted by Gasteiger charge is 2.19. The van der Waals surface area contributed by atoms with Crippen LogP contribution in [0.25, 0.3) is 11.1 Å². The van der Waals surface area contributed by atoms with Crippen LogP contribution in [0.15, 0.2) is 29.1 Å². The van der Waals surface area contributed by atoms with Crippen molar-refractivity contribution < 1.29 is 4.74 Å². The Morgan fingerprint density at radius 2 is 1.86 bits per heavy atom. The van der Waals surface area contributed by atoms with Gasteiger partial charge in [-0.05, 0) is 30.0 Å². The Morgan fingerprint density at radius 3 is 2.41 bits per heavy atom. The van der Waals surface area contributed by atoms with Crippen molar-refractivity contribution in [2.45, 2.75) is 33.1 Å². The largest absolute Gasteiger partial charge is 0.496 e. The number of H-pyrrole nitrogens is 1. The quantitative estimate of drug-likeness (QED) is 0.922. The zero-order valence-electron chi connectivity index (χ0n) is 13.6. The topological polar surface area (TPSA) is 65.9 Å². The maximum absolute atomic E-state index is 12.0. The van der Waals surface area contributed by atoms with Crippen LogP contribution >= 0.6 is 0 Å². The summed E-state index contributed by atoms with van der Waals surface area (Å²) in [6, 6.07) is 9.67. The fourth-order valence-corrected chi connectivity index (χ4v) is 2.39. The summed E-state index contributed by atoms with van der Waals surface area (Å²) in [5, 5.41) is 9.29. The predicted octanol–water partition coefficient (Wildman–Crippen LogP) is 3.53.